The maximum absolute atomic E-state index is 11.6. The summed E-state index contributed by atoms with van der Waals surface area (Å²) in [6.07, 6.45) is 3.43. The third kappa shape index (κ3) is 2.48. The summed E-state index contributed by atoms with van der Waals surface area (Å²) in [5, 5.41) is 0. The van der Waals surface area contributed by atoms with Crippen LogP contribution in [0.3, 0.4) is 0 Å². The summed E-state index contributed by atoms with van der Waals surface area (Å²) < 4.78 is 6.01. The number of nitrogens with zero attached hydrogens (tertiary/aromatic N) is 1. The SMILES string of the molecule is CCOC1CC2(CCN(C(C)=O)CC2)c2ccc(C)cc21. The number of ether oxygens (including phenoxy) is 1. The van der Waals surface area contributed by atoms with Crippen LogP contribution in [0.2, 0.25) is 0 Å². The molecular weight excluding hydrogens is 262 g/mol. The number of carbonyl (C=O) groups excluding carboxylic acids is 1. The molecule has 1 spiro atoms. The van der Waals surface area contributed by atoms with Gasteiger partial charge in [0.2, 0.25) is 5.91 Å². The van der Waals surface area contributed by atoms with E-state index in [1.807, 2.05) is 4.90 Å². The minimum atomic E-state index is 0.202. The number of aryl methyl sites for hydroxylation is 1. The van der Waals surface area contributed by atoms with E-state index >= 15 is 0 Å². The molecule has 0 bridgehead atoms. The number of hydrogen-bond acceptors (Lipinski definition) is 2. The van der Waals surface area contributed by atoms with Gasteiger partial charge in [0.1, 0.15) is 0 Å². The highest BCUT2D eigenvalue weighted by molar-refractivity contribution is 5.73. The van der Waals surface area contributed by atoms with Crippen LogP contribution in [0.4, 0.5) is 0 Å². The van der Waals surface area contributed by atoms with E-state index in [9.17, 15) is 4.79 Å². The van der Waals surface area contributed by atoms with Crippen molar-refractivity contribution in [1.29, 1.82) is 0 Å². The van der Waals surface area contributed by atoms with Crippen LogP contribution < -0.4 is 0 Å². The van der Waals surface area contributed by atoms with Crippen molar-refractivity contribution in [1.82, 2.24) is 4.90 Å². The topological polar surface area (TPSA) is 29.5 Å². The molecule has 0 aromatic heterocycles. The van der Waals surface area contributed by atoms with Gasteiger partial charge in [0.15, 0.2) is 0 Å². The Bertz CT molecular complexity index is 544. The summed E-state index contributed by atoms with van der Waals surface area (Å²) in [7, 11) is 0. The van der Waals surface area contributed by atoms with E-state index in [1.165, 1.54) is 16.7 Å². The van der Waals surface area contributed by atoms with Gasteiger partial charge >= 0.3 is 0 Å². The normalized spacial score (nSPS) is 23.4. The zero-order chi connectivity index (χ0) is 15.0. The summed E-state index contributed by atoms with van der Waals surface area (Å²) in [5.74, 6) is 0.202. The molecule has 0 saturated carbocycles. The lowest BCUT2D eigenvalue weighted by Crippen LogP contribution is -2.43. The third-order valence-electron chi connectivity index (χ3n) is 5.24. The number of hydrogen-bond donors (Lipinski definition) is 0. The second kappa shape index (κ2) is 5.45. The molecule has 1 unspecified atom stereocenters. The van der Waals surface area contributed by atoms with Gasteiger partial charge in [0.25, 0.3) is 0 Å². The average molecular weight is 287 g/mol. The number of amides is 1. The Hall–Kier alpha value is -1.35. The van der Waals surface area contributed by atoms with Crippen molar-refractivity contribution < 1.29 is 9.53 Å². The van der Waals surface area contributed by atoms with E-state index in [2.05, 4.69) is 32.0 Å². The van der Waals surface area contributed by atoms with E-state index < -0.39 is 0 Å². The predicted molar refractivity (Wildman–Crippen MR) is 83.3 cm³/mol. The molecule has 1 heterocycles. The molecule has 1 saturated heterocycles. The number of carbonyl (C=O) groups is 1. The number of piperidine rings is 1. The zero-order valence-corrected chi connectivity index (χ0v) is 13.3. The van der Waals surface area contributed by atoms with Crippen LogP contribution in [0.25, 0.3) is 0 Å². The second-order valence-corrected chi connectivity index (χ2v) is 6.53. The standard InChI is InChI=1S/C18H25NO2/c1-4-21-17-12-18(7-9-19(10-8-18)14(3)20)16-6-5-13(2)11-15(16)17/h5-6,11,17H,4,7-10,12H2,1-3H3. The Kier molecular flexibility index (Phi) is 3.78. The summed E-state index contributed by atoms with van der Waals surface area (Å²) in [5.41, 5.74) is 4.37. The first-order chi connectivity index (χ1) is 10.1. The largest absolute Gasteiger partial charge is 0.374 e. The smallest absolute Gasteiger partial charge is 0.219 e. The van der Waals surface area contributed by atoms with Crippen molar-refractivity contribution in [2.24, 2.45) is 0 Å². The van der Waals surface area contributed by atoms with Crippen LogP contribution in [-0.2, 0) is 14.9 Å². The molecule has 114 valence electrons. The summed E-state index contributed by atoms with van der Waals surface area (Å²) in [4.78, 5) is 13.5. The minimum absolute atomic E-state index is 0.202. The van der Waals surface area contributed by atoms with E-state index in [1.54, 1.807) is 6.92 Å². The number of rotatable bonds is 2. The monoisotopic (exact) mass is 287 g/mol. The van der Waals surface area contributed by atoms with Gasteiger partial charge < -0.3 is 9.64 Å². The molecule has 0 radical (unpaired) electrons. The van der Waals surface area contributed by atoms with Crippen LogP contribution in [0, 0.1) is 6.92 Å². The van der Waals surface area contributed by atoms with E-state index in [0.717, 1.165) is 39.0 Å². The molecule has 3 rings (SSSR count). The highest BCUT2D eigenvalue weighted by Crippen LogP contribution is 2.52. The first kappa shape index (κ1) is 14.6. The van der Waals surface area contributed by atoms with Gasteiger partial charge in [-0.15, -0.1) is 0 Å². The van der Waals surface area contributed by atoms with E-state index in [-0.39, 0.29) is 17.4 Å². The van der Waals surface area contributed by atoms with Gasteiger partial charge in [-0.2, -0.15) is 0 Å². The van der Waals surface area contributed by atoms with Crippen LogP contribution in [-0.4, -0.2) is 30.5 Å². The number of likely N-dealkylation sites (tertiary alicyclic amines) is 1. The molecule has 2 aliphatic rings. The highest BCUT2D eigenvalue weighted by Gasteiger charge is 2.46. The summed E-state index contributed by atoms with van der Waals surface area (Å²) >= 11 is 0. The number of fused-ring (bicyclic) bond motifs is 2. The van der Waals surface area contributed by atoms with Crippen molar-refractivity contribution >= 4 is 5.91 Å². The molecule has 1 aromatic carbocycles. The van der Waals surface area contributed by atoms with Gasteiger partial charge in [0.05, 0.1) is 6.10 Å². The minimum Gasteiger partial charge on any atom is -0.374 e. The third-order valence-corrected chi connectivity index (χ3v) is 5.24. The Morgan fingerprint density at radius 3 is 2.71 bits per heavy atom. The molecule has 21 heavy (non-hydrogen) atoms. The fourth-order valence-corrected chi connectivity index (χ4v) is 4.08. The first-order valence-electron chi connectivity index (χ1n) is 8.04. The Morgan fingerprint density at radius 1 is 1.38 bits per heavy atom. The van der Waals surface area contributed by atoms with E-state index in [0.29, 0.717) is 0 Å². The first-order valence-corrected chi connectivity index (χ1v) is 8.04. The zero-order valence-electron chi connectivity index (χ0n) is 13.3. The Morgan fingerprint density at radius 2 is 2.10 bits per heavy atom. The van der Waals surface area contributed by atoms with Gasteiger partial charge in [-0.25, -0.2) is 0 Å². The highest BCUT2D eigenvalue weighted by atomic mass is 16.5. The fraction of sp³-hybridized carbons (Fsp3) is 0.611. The molecule has 1 atom stereocenters. The lowest BCUT2D eigenvalue weighted by atomic mass is 9.73. The van der Waals surface area contributed by atoms with Crippen molar-refractivity contribution in [3.63, 3.8) is 0 Å². The van der Waals surface area contributed by atoms with Crippen LogP contribution in [0.5, 0.6) is 0 Å². The molecule has 1 amide bonds. The van der Waals surface area contributed by atoms with Gasteiger partial charge in [-0.05, 0) is 44.2 Å². The molecular formula is C18H25NO2. The average Bonchev–Trinajstić information content (AvgIpc) is 2.73. The number of benzene rings is 1. The van der Waals surface area contributed by atoms with E-state index in [4.69, 9.17) is 4.74 Å². The van der Waals surface area contributed by atoms with Crippen molar-refractivity contribution in [2.45, 2.75) is 51.6 Å². The molecule has 1 fully saturated rings. The predicted octanol–water partition coefficient (Wildman–Crippen LogP) is 3.36. The van der Waals surface area contributed by atoms with Gasteiger partial charge in [-0.3, -0.25) is 4.79 Å². The van der Waals surface area contributed by atoms with Gasteiger partial charge in [-0.1, -0.05) is 23.8 Å². The van der Waals surface area contributed by atoms with Gasteiger partial charge in [0, 0.05) is 32.0 Å². The lowest BCUT2D eigenvalue weighted by Gasteiger charge is -2.40. The Labute approximate surface area is 127 Å². The maximum Gasteiger partial charge on any atom is 0.219 e. The summed E-state index contributed by atoms with van der Waals surface area (Å²) in [6.45, 7) is 8.40. The maximum atomic E-state index is 11.6. The second-order valence-electron chi connectivity index (χ2n) is 6.53. The van der Waals surface area contributed by atoms with Crippen LogP contribution in [0.1, 0.15) is 55.9 Å². The molecule has 3 heteroatoms. The lowest BCUT2D eigenvalue weighted by molar-refractivity contribution is -0.130. The fourth-order valence-electron chi connectivity index (χ4n) is 4.08. The molecule has 1 aliphatic carbocycles. The summed E-state index contributed by atoms with van der Waals surface area (Å²) in [6, 6.07) is 6.81. The van der Waals surface area contributed by atoms with Crippen LogP contribution >= 0.6 is 0 Å². The van der Waals surface area contributed by atoms with Crippen molar-refractivity contribution in [3.05, 3.63) is 34.9 Å². The van der Waals surface area contributed by atoms with Crippen molar-refractivity contribution in [3.8, 4) is 0 Å². The molecule has 1 aliphatic heterocycles. The van der Waals surface area contributed by atoms with Crippen molar-refractivity contribution in [2.75, 3.05) is 19.7 Å². The molecule has 1 aromatic rings. The molecule has 3 nitrogen and oxygen atoms in total. The van der Waals surface area contributed by atoms with Crippen LogP contribution in [0.15, 0.2) is 18.2 Å². The molecule has 0 N–H and O–H groups in total. The quantitative estimate of drug-likeness (QED) is 0.835. The Balaban J connectivity index is 1.90.